The van der Waals surface area contributed by atoms with E-state index in [2.05, 4.69) is 10.6 Å². The molecule has 3 amide bonds. The summed E-state index contributed by atoms with van der Waals surface area (Å²) in [4.78, 5) is 51.5. The maximum atomic E-state index is 13.3. The van der Waals surface area contributed by atoms with Crippen LogP contribution in [0.5, 0.6) is 11.5 Å². The Morgan fingerprint density at radius 3 is 2.73 bits per heavy atom. The van der Waals surface area contributed by atoms with Crippen LogP contribution in [0, 0.1) is 17.8 Å². The molecule has 178 valence electrons. The van der Waals surface area contributed by atoms with E-state index in [1.54, 1.807) is 11.0 Å². The monoisotopic (exact) mass is 457 g/mol. The number of aryl methyl sites for hydroxylation is 1. The van der Waals surface area contributed by atoms with Gasteiger partial charge in [0.25, 0.3) is 0 Å². The maximum Gasteiger partial charge on any atom is 0.243 e. The largest absolute Gasteiger partial charge is 0.504 e. The maximum absolute atomic E-state index is 13.3. The number of aromatic hydroxyl groups is 2. The van der Waals surface area contributed by atoms with Gasteiger partial charge in [0.2, 0.25) is 17.7 Å². The third-order valence-electron chi connectivity index (χ3n) is 7.34. The number of fused-ring (bicyclic) bond motifs is 1. The van der Waals surface area contributed by atoms with Crippen LogP contribution in [-0.2, 0) is 25.6 Å². The van der Waals surface area contributed by atoms with E-state index in [4.69, 9.17) is 0 Å². The van der Waals surface area contributed by atoms with Gasteiger partial charge in [-0.1, -0.05) is 12.5 Å². The van der Waals surface area contributed by atoms with Gasteiger partial charge in [0.1, 0.15) is 12.3 Å². The predicted molar refractivity (Wildman–Crippen MR) is 118 cm³/mol. The first-order valence-electron chi connectivity index (χ1n) is 11.7. The van der Waals surface area contributed by atoms with Gasteiger partial charge in [-0.25, -0.2) is 0 Å². The van der Waals surface area contributed by atoms with Crippen LogP contribution >= 0.6 is 0 Å². The molecule has 9 nitrogen and oxygen atoms in total. The van der Waals surface area contributed by atoms with Crippen molar-refractivity contribution in [3.63, 3.8) is 0 Å². The van der Waals surface area contributed by atoms with E-state index in [1.165, 1.54) is 12.1 Å². The summed E-state index contributed by atoms with van der Waals surface area (Å²) in [5, 5.41) is 24.7. The molecule has 2 heterocycles. The zero-order valence-electron chi connectivity index (χ0n) is 18.5. The van der Waals surface area contributed by atoms with E-state index in [0.29, 0.717) is 32.2 Å². The third-order valence-corrected chi connectivity index (χ3v) is 7.34. The quantitative estimate of drug-likeness (QED) is 0.338. The number of aldehydes is 1. The lowest BCUT2D eigenvalue weighted by atomic mass is 9.92. The molecule has 1 aliphatic carbocycles. The Bertz CT molecular complexity index is 935. The van der Waals surface area contributed by atoms with Crippen molar-refractivity contribution in [1.29, 1.82) is 0 Å². The molecule has 1 saturated carbocycles. The molecule has 5 atom stereocenters. The Balaban J connectivity index is 1.41. The molecule has 9 heteroatoms. The number of carbonyl (C=O) groups excluding carboxylic acids is 4. The molecule has 0 aromatic heterocycles. The van der Waals surface area contributed by atoms with Crippen molar-refractivity contribution >= 4 is 24.0 Å². The lowest BCUT2D eigenvalue weighted by molar-refractivity contribution is -0.140. The van der Waals surface area contributed by atoms with Crippen LogP contribution in [0.3, 0.4) is 0 Å². The summed E-state index contributed by atoms with van der Waals surface area (Å²) < 4.78 is 0. The summed E-state index contributed by atoms with van der Waals surface area (Å²) in [6, 6.07) is 3.09. The number of carbonyl (C=O) groups is 4. The summed E-state index contributed by atoms with van der Waals surface area (Å²) in [5.41, 5.74) is 0.718. The predicted octanol–water partition coefficient (Wildman–Crippen LogP) is 0.867. The van der Waals surface area contributed by atoms with Gasteiger partial charge in [0.15, 0.2) is 11.5 Å². The molecule has 3 aliphatic rings. The molecule has 0 radical (unpaired) electrons. The first kappa shape index (κ1) is 23.1. The molecule has 0 spiro atoms. The van der Waals surface area contributed by atoms with Crippen LogP contribution in [0.2, 0.25) is 0 Å². The third kappa shape index (κ3) is 4.96. The fraction of sp³-hybridized carbons (Fsp3) is 0.583. The topological polar surface area (TPSA) is 136 Å². The van der Waals surface area contributed by atoms with Crippen molar-refractivity contribution in [3.8, 4) is 11.5 Å². The molecular weight excluding hydrogens is 426 g/mol. The highest BCUT2D eigenvalue weighted by molar-refractivity contribution is 5.90. The van der Waals surface area contributed by atoms with Crippen LogP contribution in [0.25, 0.3) is 0 Å². The summed E-state index contributed by atoms with van der Waals surface area (Å²) in [7, 11) is 0. The Labute approximate surface area is 192 Å². The zero-order valence-corrected chi connectivity index (χ0v) is 18.5. The first-order chi connectivity index (χ1) is 15.9. The number of hydrogen-bond donors (Lipinski definition) is 4. The van der Waals surface area contributed by atoms with E-state index < -0.39 is 12.1 Å². The number of amides is 3. The molecule has 2 saturated heterocycles. The second-order valence-electron chi connectivity index (χ2n) is 9.43. The number of phenols is 2. The fourth-order valence-corrected chi connectivity index (χ4v) is 5.61. The molecule has 3 fully saturated rings. The van der Waals surface area contributed by atoms with Crippen molar-refractivity contribution in [3.05, 3.63) is 23.8 Å². The average Bonchev–Trinajstić information content (AvgIpc) is 3.50. The minimum Gasteiger partial charge on any atom is -0.504 e. The minimum absolute atomic E-state index is 0.0775. The average molecular weight is 458 g/mol. The second kappa shape index (κ2) is 9.80. The number of nitrogens with one attached hydrogen (secondary N) is 2. The molecule has 1 unspecified atom stereocenters. The fourth-order valence-electron chi connectivity index (χ4n) is 5.61. The normalized spacial score (nSPS) is 27.2. The minimum atomic E-state index is -0.760. The van der Waals surface area contributed by atoms with E-state index in [1.807, 2.05) is 0 Å². The highest BCUT2D eigenvalue weighted by atomic mass is 16.3. The van der Waals surface area contributed by atoms with Crippen LogP contribution in [0.1, 0.15) is 44.1 Å². The number of benzene rings is 1. The van der Waals surface area contributed by atoms with Crippen molar-refractivity contribution in [2.75, 3.05) is 13.1 Å². The van der Waals surface area contributed by atoms with E-state index in [0.717, 1.165) is 24.8 Å². The molecule has 2 aliphatic heterocycles. The molecule has 1 aromatic rings. The number of nitrogens with zero attached hydrogens (tertiary/aromatic N) is 1. The van der Waals surface area contributed by atoms with Crippen LogP contribution < -0.4 is 10.6 Å². The highest BCUT2D eigenvalue weighted by Crippen LogP contribution is 2.42. The standard InChI is InChI=1S/C24H31N3O6/c28-13-17(11-15-8-9-25-23(15)32)26-24(33)22-18-3-1-2-16(18)12-27(22)21(31)7-5-14-4-6-19(29)20(30)10-14/h4,6,10,13,15-18,22,29-30H,1-3,5,7-9,11-12H2,(H,25,32)(H,26,33)/t15-,16-,17-,18+,22?/m0/s1. The van der Waals surface area contributed by atoms with Gasteiger partial charge < -0.3 is 30.5 Å². The molecule has 1 aromatic carbocycles. The van der Waals surface area contributed by atoms with Gasteiger partial charge in [-0.3, -0.25) is 14.4 Å². The van der Waals surface area contributed by atoms with Crippen molar-refractivity contribution < 1.29 is 29.4 Å². The molecule has 4 N–H and O–H groups in total. The van der Waals surface area contributed by atoms with Gasteiger partial charge >= 0.3 is 0 Å². The molecular formula is C24H31N3O6. The summed E-state index contributed by atoms with van der Waals surface area (Å²) in [6.07, 6.45) is 5.00. The van der Waals surface area contributed by atoms with Gasteiger partial charge in [-0.05, 0) is 61.6 Å². The van der Waals surface area contributed by atoms with Gasteiger partial charge in [0.05, 0.1) is 6.04 Å². The van der Waals surface area contributed by atoms with Crippen LogP contribution in [-0.4, -0.2) is 64.3 Å². The lowest BCUT2D eigenvalue weighted by Crippen LogP contribution is -2.52. The number of phenolic OH excluding ortho intramolecular Hbond substituents is 2. The summed E-state index contributed by atoms with van der Waals surface area (Å²) in [6.45, 7) is 1.11. The van der Waals surface area contributed by atoms with Crippen molar-refractivity contribution in [1.82, 2.24) is 15.5 Å². The van der Waals surface area contributed by atoms with Crippen molar-refractivity contribution in [2.45, 2.75) is 57.0 Å². The Hall–Kier alpha value is -3.10. The highest BCUT2D eigenvalue weighted by Gasteiger charge is 2.49. The Kier molecular flexibility index (Phi) is 6.85. The van der Waals surface area contributed by atoms with E-state index >= 15 is 0 Å². The Morgan fingerprint density at radius 1 is 1.21 bits per heavy atom. The Morgan fingerprint density at radius 2 is 2.03 bits per heavy atom. The van der Waals surface area contributed by atoms with Gasteiger partial charge in [0, 0.05) is 25.4 Å². The lowest BCUT2D eigenvalue weighted by Gasteiger charge is -2.28. The van der Waals surface area contributed by atoms with Crippen LogP contribution in [0.4, 0.5) is 0 Å². The van der Waals surface area contributed by atoms with E-state index in [-0.39, 0.29) is 59.8 Å². The number of rotatable bonds is 8. The first-order valence-corrected chi connectivity index (χ1v) is 11.7. The van der Waals surface area contributed by atoms with Crippen LogP contribution in [0.15, 0.2) is 18.2 Å². The smallest absolute Gasteiger partial charge is 0.243 e. The van der Waals surface area contributed by atoms with E-state index in [9.17, 15) is 29.4 Å². The zero-order chi connectivity index (χ0) is 23.5. The van der Waals surface area contributed by atoms with Gasteiger partial charge in [-0.2, -0.15) is 0 Å². The number of hydrogen-bond acceptors (Lipinski definition) is 6. The second-order valence-corrected chi connectivity index (χ2v) is 9.43. The molecule has 33 heavy (non-hydrogen) atoms. The summed E-state index contributed by atoms with van der Waals surface area (Å²) >= 11 is 0. The summed E-state index contributed by atoms with van der Waals surface area (Å²) in [5.74, 6) is -0.942. The molecule has 0 bridgehead atoms. The molecule has 4 rings (SSSR count). The van der Waals surface area contributed by atoms with Crippen molar-refractivity contribution in [2.24, 2.45) is 17.8 Å². The SMILES string of the molecule is O=C[C@H](C[C@@H]1CCNC1=O)NC(=O)C1[C@@H]2CCC[C@H]2CN1C(=O)CCc1ccc(O)c(O)c1. The number of likely N-dealkylation sites (tertiary alicyclic amines) is 1. The van der Waals surface area contributed by atoms with Gasteiger partial charge in [-0.15, -0.1) is 0 Å².